The Morgan fingerprint density at radius 2 is 0.903 bits per heavy atom. The molecular formula is C31H64. The highest BCUT2D eigenvalue weighted by Crippen LogP contribution is 2.51. The first kappa shape index (κ1) is 31.0. The lowest BCUT2D eigenvalue weighted by Crippen LogP contribution is -2.30. The Hall–Kier alpha value is 0. The lowest BCUT2D eigenvalue weighted by Gasteiger charge is -2.42. The molecule has 0 bridgehead atoms. The van der Waals surface area contributed by atoms with E-state index >= 15 is 0 Å². The van der Waals surface area contributed by atoms with Gasteiger partial charge in [-0.05, 0) is 89.8 Å². The van der Waals surface area contributed by atoms with Gasteiger partial charge in [0.1, 0.15) is 0 Å². The maximum atomic E-state index is 2.40. The second-order valence-electron chi connectivity index (χ2n) is 14.7. The molecule has 0 nitrogen and oxygen atoms in total. The van der Waals surface area contributed by atoms with Gasteiger partial charge in [0.05, 0.1) is 0 Å². The van der Waals surface area contributed by atoms with Crippen molar-refractivity contribution in [1.82, 2.24) is 0 Å². The third kappa shape index (κ3) is 11.1. The van der Waals surface area contributed by atoms with Crippen molar-refractivity contribution in [3.05, 3.63) is 0 Å². The molecule has 0 atom stereocenters. The monoisotopic (exact) mass is 437 g/mol. The molecule has 3 saturated carbocycles. The molecule has 0 amide bonds. The molecule has 0 spiro atoms. The van der Waals surface area contributed by atoms with Crippen molar-refractivity contribution >= 4 is 0 Å². The van der Waals surface area contributed by atoms with Gasteiger partial charge in [-0.25, -0.2) is 0 Å². The maximum absolute atomic E-state index is 2.40. The van der Waals surface area contributed by atoms with Gasteiger partial charge in [0.2, 0.25) is 0 Å². The van der Waals surface area contributed by atoms with Crippen LogP contribution < -0.4 is 0 Å². The SMILES string of the molecule is CC(C)C(C)(C)C.CC(C)C(C)(C)C1CC1.CC(C)C1(C)CC1.CC(C)C1(C)CCC1. The second-order valence-corrected chi connectivity index (χ2v) is 14.7. The van der Waals surface area contributed by atoms with Crippen molar-refractivity contribution in [2.75, 3.05) is 0 Å². The van der Waals surface area contributed by atoms with Gasteiger partial charge in [0.25, 0.3) is 0 Å². The second kappa shape index (κ2) is 11.9. The fraction of sp³-hybridized carbons (Fsp3) is 1.00. The molecule has 0 N–H and O–H groups in total. The van der Waals surface area contributed by atoms with Crippen molar-refractivity contribution in [3.8, 4) is 0 Å². The summed E-state index contributed by atoms with van der Waals surface area (Å²) in [5, 5.41) is 0. The van der Waals surface area contributed by atoms with Crippen molar-refractivity contribution < 1.29 is 0 Å². The van der Waals surface area contributed by atoms with Crippen LogP contribution in [-0.4, -0.2) is 0 Å². The van der Waals surface area contributed by atoms with Crippen LogP contribution in [0.3, 0.4) is 0 Å². The van der Waals surface area contributed by atoms with E-state index in [1.807, 2.05) is 0 Å². The molecule has 0 aromatic heterocycles. The Bertz CT molecular complexity index is 457. The van der Waals surface area contributed by atoms with Crippen LogP contribution in [0.25, 0.3) is 0 Å². The van der Waals surface area contributed by atoms with E-state index in [-0.39, 0.29) is 0 Å². The quantitative estimate of drug-likeness (QED) is 0.411. The third-order valence-electron chi connectivity index (χ3n) is 10.2. The van der Waals surface area contributed by atoms with E-state index in [0.29, 0.717) is 10.8 Å². The summed E-state index contributed by atoms with van der Waals surface area (Å²) < 4.78 is 0. The van der Waals surface area contributed by atoms with Crippen molar-refractivity contribution in [2.24, 2.45) is 51.2 Å². The fourth-order valence-electron chi connectivity index (χ4n) is 3.39. The molecule has 0 aromatic rings. The largest absolute Gasteiger partial charge is 0.0623 e. The van der Waals surface area contributed by atoms with Crippen LogP contribution in [0.4, 0.5) is 0 Å². The van der Waals surface area contributed by atoms with E-state index in [2.05, 4.69) is 104 Å². The van der Waals surface area contributed by atoms with Gasteiger partial charge in [0.15, 0.2) is 0 Å². The number of hydrogen-bond donors (Lipinski definition) is 0. The zero-order valence-electron chi connectivity index (χ0n) is 24.8. The van der Waals surface area contributed by atoms with Gasteiger partial charge >= 0.3 is 0 Å². The molecule has 3 aliphatic carbocycles. The molecule has 0 aromatic carbocycles. The summed E-state index contributed by atoms with van der Waals surface area (Å²) in [4.78, 5) is 0. The molecule has 3 aliphatic rings. The predicted molar refractivity (Wildman–Crippen MR) is 145 cm³/mol. The minimum Gasteiger partial charge on any atom is -0.0623 e. The summed E-state index contributed by atoms with van der Waals surface area (Å²) >= 11 is 0. The standard InChI is InChI=1S/C9H18.C8H16.C7H14.C7H16/c1-7(2)9(3,4)8-5-6-8;1-7(2)8(3)5-4-6-8;1-6(2)7(3)4-5-7;1-6(2)7(3,4)5/h7-8H,5-6H2,1-4H3;7H,4-6H2,1-3H3;6H,4-5H2,1-3H3;6H,1-5H3. The average Bonchev–Trinajstić information content (AvgIpc) is 3.48. The molecule has 31 heavy (non-hydrogen) atoms. The van der Waals surface area contributed by atoms with Crippen LogP contribution in [-0.2, 0) is 0 Å². The highest BCUT2D eigenvalue weighted by atomic mass is 14.5. The lowest BCUT2D eigenvalue weighted by atomic mass is 9.64. The third-order valence-corrected chi connectivity index (χ3v) is 10.2. The highest BCUT2D eigenvalue weighted by Gasteiger charge is 2.40. The molecular weight excluding hydrogens is 372 g/mol. The highest BCUT2D eigenvalue weighted by molar-refractivity contribution is 4.91. The van der Waals surface area contributed by atoms with Crippen LogP contribution in [0.1, 0.15) is 149 Å². The van der Waals surface area contributed by atoms with Gasteiger partial charge in [-0.15, -0.1) is 0 Å². The molecule has 0 heterocycles. The zero-order chi connectivity index (χ0) is 24.8. The summed E-state index contributed by atoms with van der Waals surface area (Å²) in [7, 11) is 0. The molecule has 3 rings (SSSR count). The minimum atomic E-state index is 0.500. The topological polar surface area (TPSA) is 0 Å². The summed E-state index contributed by atoms with van der Waals surface area (Å²) in [5.41, 5.74) is 2.58. The maximum Gasteiger partial charge on any atom is -0.0302 e. The number of rotatable bonds is 4. The first-order chi connectivity index (χ1) is 13.8. The molecule has 0 aliphatic heterocycles. The van der Waals surface area contributed by atoms with E-state index < -0.39 is 0 Å². The van der Waals surface area contributed by atoms with Gasteiger partial charge in [-0.2, -0.15) is 0 Å². The Labute approximate surface area is 200 Å². The predicted octanol–water partition coefficient (Wildman–Crippen LogP) is 11.0. The van der Waals surface area contributed by atoms with E-state index in [9.17, 15) is 0 Å². The Morgan fingerprint density at radius 3 is 0.935 bits per heavy atom. The smallest absolute Gasteiger partial charge is 0.0302 e. The minimum absolute atomic E-state index is 0.500. The van der Waals surface area contributed by atoms with Gasteiger partial charge < -0.3 is 0 Å². The first-order valence-electron chi connectivity index (χ1n) is 13.8. The van der Waals surface area contributed by atoms with E-state index in [0.717, 1.165) is 40.4 Å². The number of hydrogen-bond acceptors (Lipinski definition) is 0. The van der Waals surface area contributed by atoms with Crippen LogP contribution in [0.15, 0.2) is 0 Å². The van der Waals surface area contributed by atoms with Crippen molar-refractivity contribution in [1.29, 1.82) is 0 Å². The van der Waals surface area contributed by atoms with Gasteiger partial charge in [0, 0.05) is 0 Å². The van der Waals surface area contributed by atoms with Crippen molar-refractivity contribution in [3.63, 3.8) is 0 Å². The molecule has 3 fully saturated rings. The summed E-state index contributed by atoms with van der Waals surface area (Å²) in [6.45, 7) is 34.8. The van der Waals surface area contributed by atoms with Crippen LogP contribution in [0.2, 0.25) is 0 Å². The van der Waals surface area contributed by atoms with Crippen LogP contribution in [0, 0.1) is 51.2 Å². The molecule has 0 unspecified atom stereocenters. The lowest BCUT2D eigenvalue weighted by molar-refractivity contribution is 0.0934. The van der Waals surface area contributed by atoms with Crippen LogP contribution in [0.5, 0.6) is 0 Å². The Kier molecular flexibility index (Phi) is 11.9. The average molecular weight is 437 g/mol. The van der Waals surface area contributed by atoms with E-state index in [1.165, 1.54) is 44.9 Å². The molecule has 188 valence electrons. The van der Waals surface area contributed by atoms with E-state index in [1.54, 1.807) is 0 Å². The van der Waals surface area contributed by atoms with Gasteiger partial charge in [-0.1, -0.05) is 110 Å². The fourth-order valence-corrected chi connectivity index (χ4v) is 3.39. The molecule has 0 radical (unpaired) electrons. The summed E-state index contributed by atoms with van der Waals surface area (Å²) in [5.74, 6) is 4.50. The Morgan fingerprint density at radius 1 is 0.581 bits per heavy atom. The summed E-state index contributed by atoms with van der Waals surface area (Å²) in [6, 6.07) is 0. The van der Waals surface area contributed by atoms with Crippen molar-refractivity contribution in [2.45, 2.75) is 149 Å². The molecule has 0 heteroatoms. The molecule has 0 saturated heterocycles. The van der Waals surface area contributed by atoms with Crippen LogP contribution >= 0.6 is 0 Å². The Balaban J connectivity index is 0.000000390. The van der Waals surface area contributed by atoms with Gasteiger partial charge in [-0.3, -0.25) is 0 Å². The zero-order valence-corrected chi connectivity index (χ0v) is 24.8. The normalized spacial score (nSPS) is 21.4. The summed E-state index contributed by atoms with van der Waals surface area (Å²) in [6.07, 6.45) is 10.3. The van der Waals surface area contributed by atoms with E-state index in [4.69, 9.17) is 0 Å². The first-order valence-corrected chi connectivity index (χ1v) is 13.8.